The topological polar surface area (TPSA) is 87.2 Å². The van der Waals surface area contributed by atoms with Gasteiger partial charge >= 0.3 is 0 Å². The fourth-order valence-corrected chi connectivity index (χ4v) is 5.08. The van der Waals surface area contributed by atoms with Gasteiger partial charge in [0.25, 0.3) is 0 Å². The van der Waals surface area contributed by atoms with Crippen molar-refractivity contribution < 1.29 is 22.7 Å². The molecule has 2 aliphatic rings. The average Bonchev–Trinajstić information content (AvgIpc) is 2.72. The van der Waals surface area contributed by atoms with Crippen LogP contribution in [0.2, 0.25) is 0 Å². The van der Waals surface area contributed by atoms with Gasteiger partial charge in [-0.25, -0.2) is 8.42 Å². The summed E-state index contributed by atoms with van der Waals surface area (Å²) in [7, 11) is 0.979. The maximum atomic E-state index is 13.0. The van der Waals surface area contributed by atoms with Crippen molar-refractivity contribution in [2.45, 2.75) is 17.4 Å². The number of nitrogens with zero attached hydrogens (tertiary/aromatic N) is 3. The van der Waals surface area contributed by atoms with Crippen LogP contribution in [0, 0.1) is 5.92 Å². The van der Waals surface area contributed by atoms with Gasteiger partial charge in [-0.2, -0.15) is 4.31 Å². The Bertz CT molecular complexity index is 825. The van der Waals surface area contributed by atoms with Gasteiger partial charge < -0.3 is 14.5 Å². The van der Waals surface area contributed by atoms with Crippen LogP contribution >= 0.6 is 0 Å². The van der Waals surface area contributed by atoms with Crippen molar-refractivity contribution in [3.05, 3.63) is 24.3 Å². The lowest BCUT2D eigenvalue weighted by molar-refractivity contribution is -0.136. The highest BCUT2D eigenvalue weighted by atomic mass is 32.2. The van der Waals surface area contributed by atoms with Crippen LogP contribution in [0.3, 0.4) is 0 Å². The number of carbonyl (C=O) groups is 2. The second-order valence-corrected chi connectivity index (χ2v) is 8.64. The lowest BCUT2D eigenvalue weighted by Crippen LogP contribution is -2.55. The number of likely N-dealkylation sites (N-methyl/N-ethyl adjacent to an activating group) is 2. The molecule has 0 radical (unpaired) electrons. The zero-order valence-corrected chi connectivity index (χ0v) is 15.9. The molecule has 142 valence electrons. The maximum absolute atomic E-state index is 13.0. The van der Waals surface area contributed by atoms with E-state index in [1.807, 2.05) is 0 Å². The van der Waals surface area contributed by atoms with Crippen molar-refractivity contribution in [3.8, 4) is 5.75 Å². The van der Waals surface area contributed by atoms with Crippen LogP contribution in [0.1, 0.15) is 6.42 Å². The van der Waals surface area contributed by atoms with E-state index >= 15 is 0 Å². The van der Waals surface area contributed by atoms with E-state index in [1.54, 1.807) is 26.2 Å². The second kappa shape index (κ2) is 6.88. The molecule has 1 aromatic rings. The smallest absolute Gasteiger partial charge is 0.243 e. The van der Waals surface area contributed by atoms with Crippen molar-refractivity contribution in [3.63, 3.8) is 0 Å². The molecule has 26 heavy (non-hydrogen) atoms. The quantitative estimate of drug-likeness (QED) is 0.736. The van der Waals surface area contributed by atoms with E-state index < -0.39 is 16.1 Å². The number of hydrogen-bond donors (Lipinski definition) is 0. The van der Waals surface area contributed by atoms with Crippen molar-refractivity contribution in [2.75, 3.05) is 40.8 Å². The third kappa shape index (κ3) is 3.16. The van der Waals surface area contributed by atoms with Crippen LogP contribution in [0.15, 0.2) is 29.2 Å². The van der Waals surface area contributed by atoms with Crippen LogP contribution in [-0.4, -0.2) is 81.2 Å². The highest BCUT2D eigenvalue weighted by Gasteiger charge is 2.45. The van der Waals surface area contributed by atoms with Gasteiger partial charge in [-0.15, -0.1) is 0 Å². The van der Waals surface area contributed by atoms with E-state index in [0.29, 0.717) is 12.2 Å². The first kappa shape index (κ1) is 18.7. The molecule has 2 saturated heterocycles. The molecule has 0 N–H and O–H groups in total. The molecule has 0 aliphatic carbocycles. The van der Waals surface area contributed by atoms with Crippen molar-refractivity contribution in [1.82, 2.24) is 14.1 Å². The standard InChI is InChI=1S/C17H23N3O5S/c1-18-11-16(21)19(2)15-10-20(8-7-14(15)17(18)22)26(23,24)13-6-4-5-12(9-13)25-3/h4-6,9,14-15H,7-8,10-11H2,1-3H3/t14-,15+/m0/s1. The predicted octanol–water partition coefficient (Wildman–Crippen LogP) is 0.00480. The summed E-state index contributed by atoms with van der Waals surface area (Å²) >= 11 is 0. The first-order valence-electron chi connectivity index (χ1n) is 8.40. The molecule has 8 nitrogen and oxygen atoms in total. The number of benzene rings is 1. The van der Waals surface area contributed by atoms with Crippen LogP contribution < -0.4 is 4.74 Å². The number of rotatable bonds is 3. The van der Waals surface area contributed by atoms with Crippen LogP contribution in [0.5, 0.6) is 5.75 Å². The minimum atomic E-state index is -3.74. The van der Waals surface area contributed by atoms with Gasteiger partial charge in [0.05, 0.1) is 30.5 Å². The van der Waals surface area contributed by atoms with Gasteiger partial charge in [0.1, 0.15) is 5.75 Å². The summed E-state index contributed by atoms with van der Waals surface area (Å²) in [5.41, 5.74) is 0. The molecule has 1 aromatic carbocycles. The Hall–Kier alpha value is -2.13. The van der Waals surface area contributed by atoms with E-state index in [9.17, 15) is 18.0 Å². The van der Waals surface area contributed by atoms with Crippen LogP contribution in [0.4, 0.5) is 0 Å². The van der Waals surface area contributed by atoms with E-state index in [4.69, 9.17) is 4.74 Å². The molecule has 0 spiro atoms. The van der Waals surface area contributed by atoms with E-state index in [0.717, 1.165) is 0 Å². The van der Waals surface area contributed by atoms with Crippen molar-refractivity contribution in [2.24, 2.45) is 5.92 Å². The maximum Gasteiger partial charge on any atom is 0.243 e. The molecule has 0 unspecified atom stereocenters. The van der Waals surface area contributed by atoms with Gasteiger partial charge in [-0.1, -0.05) is 6.07 Å². The highest BCUT2D eigenvalue weighted by molar-refractivity contribution is 7.89. The number of carbonyl (C=O) groups excluding carboxylic acids is 2. The fraction of sp³-hybridized carbons (Fsp3) is 0.529. The van der Waals surface area contributed by atoms with Crippen molar-refractivity contribution in [1.29, 1.82) is 0 Å². The molecule has 2 amide bonds. The van der Waals surface area contributed by atoms with Gasteiger partial charge in [-0.05, 0) is 18.6 Å². The monoisotopic (exact) mass is 381 g/mol. The SMILES string of the molecule is COc1cccc(S(=O)(=O)N2CC[C@@H]3C(=O)N(C)CC(=O)N(C)[C@@H]3C2)c1. The predicted molar refractivity (Wildman–Crippen MR) is 94.1 cm³/mol. The highest BCUT2D eigenvalue weighted by Crippen LogP contribution is 2.30. The number of methoxy groups -OCH3 is 1. The number of ether oxygens (including phenoxy) is 1. The summed E-state index contributed by atoms with van der Waals surface area (Å²) in [5.74, 6) is -0.215. The fourth-order valence-electron chi connectivity index (χ4n) is 3.57. The first-order chi connectivity index (χ1) is 12.3. The molecule has 0 aromatic heterocycles. The van der Waals surface area contributed by atoms with Gasteiger partial charge in [-0.3, -0.25) is 9.59 Å². The third-order valence-electron chi connectivity index (χ3n) is 5.18. The lowest BCUT2D eigenvalue weighted by atomic mass is 9.91. The molecule has 9 heteroatoms. The number of hydrogen-bond acceptors (Lipinski definition) is 5. The summed E-state index contributed by atoms with van der Waals surface area (Å²) in [5, 5.41) is 0. The molecule has 0 bridgehead atoms. The minimum Gasteiger partial charge on any atom is -0.497 e. The summed E-state index contributed by atoms with van der Waals surface area (Å²) in [6.07, 6.45) is 0.384. The molecule has 2 aliphatic heterocycles. The lowest BCUT2D eigenvalue weighted by Gasteiger charge is -2.39. The normalized spacial score (nSPS) is 25.0. The Labute approximate surface area is 153 Å². The zero-order chi connectivity index (χ0) is 19.1. The molecule has 2 fully saturated rings. The number of amides is 2. The van der Waals surface area contributed by atoms with Gasteiger partial charge in [0.15, 0.2) is 0 Å². The molecule has 2 atom stereocenters. The first-order valence-corrected chi connectivity index (χ1v) is 9.84. The molecule has 0 saturated carbocycles. The summed E-state index contributed by atoms with van der Waals surface area (Å²) < 4.78 is 32.5. The molecule has 2 heterocycles. The Morgan fingerprint density at radius 3 is 2.62 bits per heavy atom. The zero-order valence-electron chi connectivity index (χ0n) is 15.1. The average molecular weight is 381 g/mol. The Morgan fingerprint density at radius 1 is 1.19 bits per heavy atom. The van der Waals surface area contributed by atoms with Gasteiger partial charge in [0, 0.05) is 33.3 Å². The number of piperidine rings is 1. The minimum absolute atomic E-state index is 0.0188. The third-order valence-corrected chi connectivity index (χ3v) is 7.04. The Morgan fingerprint density at radius 2 is 1.92 bits per heavy atom. The second-order valence-electron chi connectivity index (χ2n) is 6.70. The van der Waals surface area contributed by atoms with E-state index in [-0.39, 0.29) is 42.3 Å². The largest absolute Gasteiger partial charge is 0.497 e. The number of fused-ring (bicyclic) bond motifs is 1. The number of sulfonamides is 1. The Balaban J connectivity index is 1.90. The summed E-state index contributed by atoms with van der Waals surface area (Å²) in [6, 6.07) is 5.83. The van der Waals surface area contributed by atoms with Crippen LogP contribution in [-0.2, 0) is 19.6 Å². The molecular formula is C17H23N3O5S. The van der Waals surface area contributed by atoms with E-state index in [2.05, 4.69) is 0 Å². The van der Waals surface area contributed by atoms with E-state index in [1.165, 1.54) is 33.3 Å². The summed E-state index contributed by atoms with van der Waals surface area (Å²) in [4.78, 5) is 27.9. The molecule has 3 rings (SSSR count). The van der Waals surface area contributed by atoms with Crippen LogP contribution in [0.25, 0.3) is 0 Å². The molecular weight excluding hydrogens is 358 g/mol. The van der Waals surface area contributed by atoms with Gasteiger partial charge in [0.2, 0.25) is 21.8 Å². The summed E-state index contributed by atoms with van der Waals surface area (Å²) in [6.45, 7) is 0.360. The van der Waals surface area contributed by atoms with Crippen molar-refractivity contribution >= 4 is 21.8 Å². The Kier molecular flexibility index (Phi) is 4.94.